The summed E-state index contributed by atoms with van der Waals surface area (Å²) in [6.07, 6.45) is 0. The van der Waals surface area contributed by atoms with Crippen LogP contribution in [0.25, 0.3) is 0 Å². The number of nitrogens with zero attached hydrogens (tertiary/aromatic N) is 1. The Morgan fingerprint density at radius 3 is 2.94 bits per heavy atom. The van der Waals surface area contributed by atoms with Crippen LogP contribution in [0.1, 0.15) is 17.2 Å². The number of phenols is 1. The first-order chi connectivity index (χ1) is 7.69. The predicted molar refractivity (Wildman–Crippen MR) is 61.1 cm³/mol. The van der Waals surface area contributed by atoms with Gasteiger partial charge in [-0.05, 0) is 19.1 Å². The van der Waals surface area contributed by atoms with Gasteiger partial charge in [-0.25, -0.2) is 0 Å². The molecule has 4 nitrogen and oxygen atoms in total. The zero-order chi connectivity index (χ0) is 12.0. The molecule has 1 rings (SSSR count). The molecule has 0 aromatic heterocycles. The van der Waals surface area contributed by atoms with Gasteiger partial charge in [-0.3, -0.25) is 5.32 Å². The predicted octanol–water partition coefficient (Wildman–Crippen LogP) is 1.50. The van der Waals surface area contributed by atoms with E-state index >= 15 is 0 Å². The molecule has 0 aliphatic carbocycles. The Morgan fingerprint density at radius 2 is 2.31 bits per heavy atom. The number of ether oxygens (including phenoxy) is 1. The number of hydrogen-bond donors (Lipinski definition) is 2. The largest absolute Gasteiger partial charge is 0.508 e. The van der Waals surface area contributed by atoms with Crippen molar-refractivity contribution in [1.82, 2.24) is 5.32 Å². The van der Waals surface area contributed by atoms with Gasteiger partial charge in [0.2, 0.25) is 0 Å². The van der Waals surface area contributed by atoms with Crippen LogP contribution in [0.5, 0.6) is 5.75 Å². The van der Waals surface area contributed by atoms with E-state index in [2.05, 4.69) is 11.4 Å². The van der Waals surface area contributed by atoms with Crippen LogP contribution in [0, 0.1) is 18.3 Å². The number of nitriles is 1. The second kappa shape index (κ2) is 6.11. The Balaban J connectivity index is 2.79. The van der Waals surface area contributed by atoms with Crippen molar-refractivity contribution >= 4 is 0 Å². The highest BCUT2D eigenvalue weighted by atomic mass is 16.5. The molecule has 0 aliphatic rings. The monoisotopic (exact) mass is 220 g/mol. The number of rotatable bonds is 5. The molecule has 0 aliphatic heterocycles. The Hall–Kier alpha value is -1.57. The summed E-state index contributed by atoms with van der Waals surface area (Å²) in [5.41, 5.74) is 1.63. The normalized spacial score (nSPS) is 12.1. The third-order valence-corrected chi connectivity index (χ3v) is 2.28. The minimum atomic E-state index is -0.505. The molecule has 0 bridgehead atoms. The van der Waals surface area contributed by atoms with Crippen LogP contribution in [-0.2, 0) is 4.74 Å². The molecule has 16 heavy (non-hydrogen) atoms. The molecule has 0 spiro atoms. The maximum absolute atomic E-state index is 9.67. The molecule has 2 N–H and O–H groups in total. The van der Waals surface area contributed by atoms with Gasteiger partial charge in [0.1, 0.15) is 11.8 Å². The number of aryl methyl sites for hydroxylation is 1. The summed E-state index contributed by atoms with van der Waals surface area (Å²) in [7, 11) is 1.60. The molecule has 86 valence electrons. The number of nitrogens with one attached hydrogen (secondary N) is 1. The van der Waals surface area contributed by atoms with E-state index in [0.29, 0.717) is 18.7 Å². The van der Waals surface area contributed by atoms with Crippen LogP contribution >= 0.6 is 0 Å². The quantitative estimate of drug-likeness (QED) is 0.738. The number of methoxy groups -OCH3 is 1. The molecule has 1 aromatic rings. The van der Waals surface area contributed by atoms with Crippen molar-refractivity contribution in [2.24, 2.45) is 0 Å². The zero-order valence-corrected chi connectivity index (χ0v) is 9.53. The highest BCUT2D eigenvalue weighted by Gasteiger charge is 2.13. The number of hydrogen-bond acceptors (Lipinski definition) is 4. The second-order valence-corrected chi connectivity index (χ2v) is 3.57. The van der Waals surface area contributed by atoms with Crippen molar-refractivity contribution in [1.29, 1.82) is 5.26 Å². The second-order valence-electron chi connectivity index (χ2n) is 3.57. The molecule has 0 saturated heterocycles. The lowest BCUT2D eigenvalue weighted by Gasteiger charge is -2.13. The highest BCUT2D eigenvalue weighted by Crippen LogP contribution is 2.24. The van der Waals surface area contributed by atoms with Crippen LogP contribution in [-0.4, -0.2) is 25.4 Å². The molecule has 0 amide bonds. The maximum atomic E-state index is 9.67. The van der Waals surface area contributed by atoms with Crippen molar-refractivity contribution in [2.45, 2.75) is 13.0 Å². The fraction of sp³-hybridized carbons (Fsp3) is 0.417. The standard InChI is InChI=1S/C12H16N2O2/c1-9-3-4-12(15)10(7-9)11(8-13)14-5-6-16-2/h3-4,7,11,14-15H,5-6H2,1-2H3. The maximum Gasteiger partial charge on any atom is 0.125 e. The summed E-state index contributed by atoms with van der Waals surface area (Å²) in [5, 5.41) is 21.7. The summed E-state index contributed by atoms with van der Waals surface area (Å²) in [6.45, 7) is 3.03. The van der Waals surface area contributed by atoms with Gasteiger partial charge in [-0.2, -0.15) is 5.26 Å². The molecule has 0 heterocycles. The SMILES string of the molecule is COCCNC(C#N)c1cc(C)ccc1O. The average Bonchev–Trinajstić information content (AvgIpc) is 2.28. The summed E-state index contributed by atoms with van der Waals surface area (Å²) in [4.78, 5) is 0. The fourth-order valence-electron chi connectivity index (χ4n) is 1.44. The highest BCUT2D eigenvalue weighted by molar-refractivity contribution is 5.40. The van der Waals surface area contributed by atoms with Crippen molar-refractivity contribution in [3.05, 3.63) is 29.3 Å². The smallest absolute Gasteiger partial charge is 0.125 e. The first kappa shape index (κ1) is 12.5. The molecule has 1 aromatic carbocycles. The molecular formula is C12H16N2O2. The lowest BCUT2D eigenvalue weighted by molar-refractivity contribution is 0.197. The number of aromatic hydroxyl groups is 1. The zero-order valence-electron chi connectivity index (χ0n) is 9.53. The van der Waals surface area contributed by atoms with Gasteiger partial charge in [0, 0.05) is 19.2 Å². The lowest BCUT2D eigenvalue weighted by atomic mass is 10.0. The fourth-order valence-corrected chi connectivity index (χ4v) is 1.44. The van der Waals surface area contributed by atoms with Crippen molar-refractivity contribution < 1.29 is 9.84 Å². The lowest BCUT2D eigenvalue weighted by Crippen LogP contribution is -2.24. The van der Waals surface area contributed by atoms with Gasteiger partial charge in [0.25, 0.3) is 0 Å². The Kier molecular flexibility index (Phi) is 4.77. The van der Waals surface area contributed by atoms with Crippen LogP contribution in [0.4, 0.5) is 0 Å². The van der Waals surface area contributed by atoms with E-state index in [0.717, 1.165) is 5.56 Å². The molecular weight excluding hydrogens is 204 g/mol. The minimum absolute atomic E-state index is 0.141. The van der Waals surface area contributed by atoms with Crippen LogP contribution in [0.3, 0.4) is 0 Å². The number of phenolic OH excluding ortho intramolecular Hbond substituents is 1. The van der Waals surface area contributed by atoms with E-state index in [9.17, 15) is 5.11 Å². The molecule has 0 radical (unpaired) electrons. The average molecular weight is 220 g/mol. The van der Waals surface area contributed by atoms with Gasteiger partial charge in [-0.1, -0.05) is 11.6 Å². The molecule has 4 heteroatoms. The van der Waals surface area contributed by atoms with Gasteiger partial charge in [-0.15, -0.1) is 0 Å². The summed E-state index contributed by atoms with van der Waals surface area (Å²) in [6, 6.07) is 6.83. The van der Waals surface area contributed by atoms with Crippen LogP contribution < -0.4 is 5.32 Å². The van der Waals surface area contributed by atoms with E-state index in [-0.39, 0.29) is 5.75 Å². The summed E-state index contributed by atoms with van der Waals surface area (Å²) >= 11 is 0. The van der Waals surface area contributed by atoms with Crippen molar-refractivity contribution in [3.8, 4) is 11.8 Å². The van der Waals surface area contributed by atoms with Gasteiger partial charge >= 0.3 is 0 Å². The Bertz CT molecular complexity index is 385. The van der Waals surface area contributed by atoms with Gasteiger partial charge in [0.05, 0.1) is 12.7 Å². The Labute approximate surface area is 95.5 Å². The third-order valence-electron chi connectivity index (χ3n) is 2.28. The number of benzene rings is 1. The Morgan fingerprint density at radius 1 is 1.56 bits per heavy atom. The van der Waals surface area contributed by atoms with Crippen molar-refractivity contribution in [3.63, 3.8) is 0 Å². The van der Waals surface area contributed by atoms with Crippen LogP contribution in [0.2, 0.25) is 0 Å². The molecule has 0 saturated carbocycles. The first-order valence-electron chi connectivity index (χ1n) is 5.10. The van der Waals surface area contributed by atoms with Gasteiger partial charge < -0.3 is 9.84 Å². The molecule has 1 atom stereocenters. The van der Waals surface area contributed by atoms with E-state index in [1.54, 1.807) is 13.2 Å². The van der Waals surface area contributed by atoms with E-state index in [4.69, 9.17) is 10.00 Å². The summed E-state index contributed by atoms with van der Waals surface area (Å²) < 4.78 is 4.89. The first-order valence-corrected chi connectivity index (χ1v) is 5.10. The molecule has 0 fully saturated rings. The van der Waals surface area contributed by atoms with Crippen molar-refractivity contribution in [2.75, 3.05) is 20.3 Å². The summed E-state index contributed by atoms with van der Waals surface area (Å²) in [5.74, 6) is 0.141. The van der Waals surface area contributed by atoms with Gasteiger partial charge in [0.15, 0.2) is 0 Å². The van der Waals surface area contributed by atoms with E-state index in [1.807, 2.05) is 19.1 Å². The molecule has 1 unspecified atom stereocenters. The van der Waals surface area contributed by atoms with E-state index in [1.165, 1.54) is 0 Å². The minimum Gasteiger partial charge on any atom is -0.508 e. The third kappa shape index (κ3) is 3.23. The van der Waals surface area contributed by atoms with E-state index < -0.39 is 6.04 Å². The topological polar surface area (TPSA) is 65.3 Å². The van der Waals surface area contributed by atoms with Crippen LogP contribution in [0.15, 0.2) is 18.2 Å².